The highest BCUT2D eigenvalue weighted by Crippen LogP contribution is 2.26. The first-order valence-electron chi connectivity index (χ1n) is 8.37. The fraction of sp³-hybridized carbons (Fsp3) is 0.471. The molecule has 1 aliphatic carbocycles. The molecule has 9 nitrogen and oxygen atoms in total. The molecule has 0 spiro atoms. The second kappa shape index (κ2) is 9.36. The van der Waals surface area contributed by atoms with Crippen molar-refractivity contribution in [2.45, 2.75) is 36.0 Å². The van der Waals surface area contributed by atoms with E-state index >= 15 is 0 Å². The van der Waals surface area contributed by atoms with E-state index in [1.165, 1.54) is 35.8 Å². The summed E-state index contributed by atoms with van der Waals surface area (Å²) in [6.45, 7) is 1.09. The van der Waals surface area contributed by atoms with Crippen LogP contribution >= 0.6 is 11.8 Å². The number of nitro benzene ring substituents is 1. The van der Waals surface area contributed by atoms with Gasteiger partial charge in [0.25, 0.3) is 11.6 Å². The molecule has 1 aromatic rings. The number of non-ortho nitro benzene ring substituents is 1. The van der Waals surface area contributed by atoms with E-state index < -0.39 is 28.7 Å². The second-order valence-electron chi connectivity index (χ2n) is 6.21. The van der Waals surface area contributed by atoms with Gasteiger partial charge in [0.1, 0.15) is 5.25 Å². The Morgan fingerprint density at radius 1 is 1.33 bits per heavy atom. The molecule has 1 aromatic carbocycles. The SMILES string of the molecule is C[C@H](Sc1ccc([N+](=O)[O-])cc1)C(=O)OCC(=O)N(C)CC(=O)NC1CC1. The Morgan fingerprint density at radius 3 is 2.52 bits per heavy atom. The van der Waals surface area contributed by atoms with E-state index in [9.17, 15) is 24.5 Å². The monoisotopic (exact) mass is 395 g/mol. The molecule has 0 radical (unpaired) electrons. The molecule has 2 rings (SSSR count). The van der Waals surface area contributed by atoms with E-state index in [-0.39, 0.29) is 24.2 Å². The fourth-order valence-corrected chi connectivity index (χ4v) is 2.93. The molecule has 1 N–H and O–H groups in total. The predicted octanol–water partition coefficient (Wildman–Crippen LogP) is 1.36. The van der Waals surface area contributed by atoms with Crippen LogP contribution in [0.4, 0.5) is 5.69 Å². The van der Waals surface area contributed by atoms with Gasteiger partial charge in [0.05, 0.1) is 11.5 Å². The van der Waals surface area contributed by atoms with Gasteiger partial charge in [-0.1, -0.05) is 0 Å². The van der Waals surface area contributed by atoms with E-state index in [1.807, 2.05) is 0 Å². The minimum absolute atomic E-state index is 0.0334. The lowest BCUT2D eigenvalue weighted by molar-refractivity contribution is -0.384. The molecule has 1 atom stereocenters. The van der Waals surface area contributed by atoms with Crippen molar-refractivity contribution in [3.05, 3.63) is 34.4 Å². The van der Waals surface area contributed by atoms with Crippen molar-refractivity contribution in [3.8, 4) is 0 Å². The third-order valence-electron chi connectivity index (χ3n) is 3.78. The number of likely N-dealkylation sites (N-methyl/N-ethyl adjacent to an activating group) is 1. The number of ether oxygens (including phenoxy) is 1. The van der Waals surface area contributed by atoms with Crippen LogP contribution in [0.2, 0.25) is 0 Å². The van der Waals surface area contributed by atoms with Gasteiger partial charge in [0.15, 0.2) is 6.61 Å². The first-order valence-corrected chi connectivity index (χ1v) is 9.25. The number of hydrogen-bond donors (Lipinski definition) is 1. The Hall–Kier alpha value is -2.62. The van der Waals surface area contributed by atoms with Gasteiger partial charge in [-0.15, -0.1) is 11.8 Å². The van der Waals surface area contributed by atoms with Crippen LogP contribution in [-0.2, 0) is 19.1 Å². The standard InChI is InChI=1S/C17H21N3O6S/c1-11(27-14-7-5-13(6-8-14)20(24)25)17(23)26-10-16(22)19(2)9-15(21)18-12-3-4-12/h5-8,11-12H,3-4,9-10H2,1-2H3,(H,18,21)/t11-/m0/s1. The first kappa shape index (κ1) is 20.7. The van der Waals surface area contributed by atoms with E-state index in [0.29, 0.717) is 4.90 Å². The fourth-order valence-electron chi connectivity index (χ4n) is 2.06. The molecule has 0 aliphatic heterocycles. The summed E-state index contributed by atoms with van der Waals surface area (Å²) in [5.41, 5.74) is -0.0334. The van der Waals surface area contributed by atoms with Crippen LogP contribution in [0.1, 0.15) is 19.8 Å². The molecule has 0 saturated heterocycles. The van der Waals surface area contributed by atoms with Gasteiger partial charge >= 0.3 is 5.97 Å². The maximum absolute atomic E-state index is 12.0. The van der Waals surface area contributed by atoms with E-state index in [4.69, 9.17) is 4.74 Å². The lowest BCUT2D eigenvalue weighted by Crippen LogP contribution is -2.41. The summed E-state index contributed by atoms with van der Waals surface area (Å²) in [4.78, 5) is 47.7. The highest BCUT2D eigenvalue weighted by Gasteiger charge is 2.25. The Morgan fingerprint density at radius 2 is 1.96 bits per heavy atom. The van der Waals surface area contributed by atoms with Crippen LogP contribution in [0.5, 0.6) is 0 Å². The van der Waals surface area contributed by atoms with Gasteiger partial charge in [0, 0.05) is 30.1 Å². The van der Waals surface area contributed by atoms with Gasteiger partial charge in [0.2, 0.25) is 5.91 Å². The molecule has 146 valence electrons. The van der Waals surface area contributed by atoms with E-state index in [1.54, 1.807) is 19.1 Å². The topological polar surface area (TPSA) is 119 Å². The Labute approximate surface area is 160 Å². The molecule has 1 saturated carbocycles. The smallest absolute Gasteiger partial charge is 0.319 e. The van der Waals surface area contributed by atoms with Crippen molar-refractivity contribution in [2.75, 3.05) is 20.2 Å². The van der Waals surface area contributed by atoms with Crippen molar-refractivity contribution in [3.63, 3.8) is 0 Å². The van der Waals surface area contributed by atoms with Crippen LogP contribution < -0.4 is 5.32 Å². The molecule has 1 fully saturated rings. The first-order chi connectivity index (χ1) is 12.8. The van der Waals surface area contributed by atoms with Gasteiger partial charge in [-0.25, -0.2) is 0 Å². The summed E-state index contributed by atoms with van der Waals surface area (Å²) in [6.07, 6.45) is 1.93. The predicted molar refractivity (Wildman–Crippen MR) is 98.2 cm³/mol. The summed E-state index contributed by atoms with van der Waals surface area (Å²) in [6, 6.07) is 6.02. The molecule has 0 bridgehead atoms. The number of nitrogens with zero attached hydrogens (tertiary/aromatic N) is 2. The Balaban J connectivity index is 1.73. The molecule has 2 amide bonds. The van der Waals surface area contributed by atoms with Crippen LogP contribution in [0.25, 0.3) is 0 Å². The van der Waals surface area contributed by atoms with Crippen LogP contribution in [-0.4, -0.2) is 59.1 Å². The van der Waals surface area contributed by atoms with Crippen molar-refractivity contribution in [1.29, 1.82) is 0 Å². The van der Waals surface area contributed by atoms with Crippen molar-refractivity contribution < 1.29 is 24.0 Å². The summed E-state index contributed by atoms with van der Waals surface area (Å²) in [5, 5.41) is 12.8. The maximum Gasteiger partial charge on any atom is 0.319 e. The quantitative estimate of drug-likeness (QED) is 0.290. The van der Waals surface area contributed by atoms with Gasteiger partial charge in [-0.3, -0.25) is 24.5 Å². The molecule has 0 unspecified atom stereocenters. The average molecular weight is 395 g/mol. The summed E-state index contributed by atoms with van der Waals surface area (Å²) >= 11 is 1.17. The number of carbonyl (C=O) groups excluding carboxylic acids is 3. The lowest BCUT2D eigenvalue weighted by atomic mass is 10.3. The summed E-state index contributed by atoms with van der Waals surface area (Å²) in [5.74, 6) is -1.29. The lowest BCUT2D eigenvalue weighted by Gasteiger charge is -2.17. The zero-order valence-corrected chi connectivity index (χ0v) is 15.9. The molecular formula is C17H21N3O6S. The van der Waals surface area contributed by atoms with Gasteiger partial charge in [-0.05, 0) is 31.9 Å². The largest absolute Gasteiger partial charge is 0.455 e. The molecule has 0 heterocycles. The summed E-state index contributed by atoms with van der Waals surface area (Å²) in [7, 11) is 1.47. The molecule has 0 aromatic heterocycles. The highest BCUT2D eigenvalue weighted by molar-refractivity contribution is 8.00. The minimum Gasteiger partial charge on any atom is -0.455 e. The van der Waals surface area contributed by atoms with Crippen LogP contribution in [0.3, 0.4) is 0 Å². The molecule has 27 heavy (non-hydrogen) atoms. The number of carbonyl (C=O) groups is 3. The molecule has 1 aliphatic rings. The van der Waals surface area contributed by atoms with Crippen molar-refractivity contribution >= 4 is 35.2 Å². The zero-order valence-electron chi connectivity index (χ0n) is 15.0. The number of nitrogens with one attached hydrogen (secondary N) is 1. The number of amides is 2. The minimum atomic E-state index is -0.595. The Bertz CT molecular complexity index is 720. The number of benzene rings is 1. The number of nitro groups is 1. The molecular weight excluding hydrogens is 374 g/mol. The Kier molecular flexibility index (Phi) is 7.17. The number of hydrogen-bond acceptors (Lipinski definition) is 7. The zero-order chi connectivity index (χ0) is 20.0. The normalized spacial score (nSPS) is 14.1. The van der Waals surface area contributed by atoms with Crippen LogP contribution in [0.15, 0.2) is 29.2 Å². The van der Waals surface area contributed by atoms with Crippen molar-refractivity contribution in [2.24, 2.45) is 0 Å². The summed E-state index contributed by atoms with van der Waals surface area (Å²) < 4.78 is 5.01. The second-order valence-corrected chi connectivity index (χ2v) is 7.62. The number of rotatable bonds is 9. The number of esters is 1. The van der Waals surface area contributed by atoms with Crippen molar-refractivity contribution in [1.82, 2.24) is 10.2 Å². The van der Waals surface area contributed by atoms with Crippen LogP contribution in [0, 0.1) is 10.1 Å². The van der Waals surface area contributed by atoms with E-state index in [0.717, 1.165) is 12.8 Å². The molecule has 10 heteroatoms. The highest BCUT2D eigenvalue weighted by atomic mass is 32.2. The number of thioether (sulfide) groups is 1. The maximum atomic E-state index is 12.0. The third kappa shape index (κ3) is 6.89. The average Bonchev–Trinajstić information content (AvgIpc) is 3.43. The van der Waals surface area contributed by atoms with Gasteiger partial charge < -0.3 is 15.0 Å². The third-order valence-corrected chi connectivity index (χ3v) is 4.87. The van der Waals surface area contributed by atoms with E-state index in [2.05, 4.69) is 5.32 Å². The van der Waals surface area contributed by atoms with Gasteiger partial charge in [-0.2, -0.15) is 0 Å².